The molecule has 42 heavy (non-hydrogen) atoms. The summed E-state index contributed by atoms with van der Waals surface area (Å²) in [6.07, 6.45) is 0. The smallest absolute Gasteiger partial charge is 0.198 e. The summed E-state index contributed by atoms with van der Waals surface area (Å²) in [5.41, 5.74) is -1.37. The molecule has 0 saturated heterocycles. The SMILES string of the molecule is COc1cc(O)c2c(c1-c1c(OC)cc(O)c3c1C(=O)c1cc(C)c(O)cc1C3=O)C(=O)c1cc(C)c(O)cc1C2=O. The minimum Gasteiger partial charge on any atom is -0.508 e. The van der Waals surface area contributed by atoms with Gasteiger partial charge in [0.05, 0.1) is 25.3 Å². The molecule has 4 aromatic carbocycles. The van der Waals surface area contributed by atoms with Gasteiger partial charge in [-0.15, -0.1) is 0 Å². The largest absolute Gasteiger partial charge is 0.508 e. The Morgan fingerprint density at radius 3 is 1.07 bits per heavy atom. The van der Waals surface area contributed by atoms with Crippen LogP contribution in [0.2, 0.25) is 0 Å². The van der Waals surface area contributed by atoms with Gasteiger partial charge in [-0.25, -0.2) is 0 Å². The number of ketones is 4. The number of hydrogen-bond donors (Lipinski definition) is 4. The molecule has 0 bridgehead atoms. The van der Waals surface area contributed by atoms with E-state index in [0.29, 0.717) is 11.1 Å². The number of aryl methyl sites for hydroxylation is 2. The van der Waals surface area contributed by atoms with E-state index in [1.807, 2.05) is 0 Å². The molecule has 0 radical (unpaired) electrons. The van der Waals surface area contributed by atoms with Crippen LogP contribution in [0.1, 0.15) is 74.8 Å². The van der Waals surface area contributed by atoms with Crippen molar-refractivity contribution in [1.29, 1.82) is 0 Å². The Balaban J connectivity index is 1.77. The molecule has 0 heterocycles. The maximum absolute atomic E-state index is 14.1. The molecule has 2 aliphatic carbocycles. The van der Waals surface area contributed by atoms with Gasteiger partial charge in [-0.1, -0.05) is 0 Å². The number of phenols is 4. The Morgan fingerprint density at radius 2 is 0.738 bits per heavy atom. The van der Waals surface area contributed by atoms with Crippen molar-refractivity contribution in [3.8, 4) is 45.6 Å². The Hall–Kier alpha value is -5.64. The number of carbonyl (C=O) groups excluding carboxylic acids is 4. The predicted molar refractivity (Wildman–Crippen MR) is 148 cm³/mol. The molecule has 4 aromatic rings. The van der Waals surface area contributed by atoms with E-state index in [2.05, 4.69) is 0 Å². The first kappa shape index (κ1) is 26.6. The highest BCUT2D eigenvalue weighted by Gasteiger charge is 2.42. The van der Waals surface area contributed by atoms with Gasteiger partial charge >= 0.3 is 0 Å². The van der Waals surface area contributed by atoms with Crippen molar-refractivity contribution in [3.63, 3.8) is 0 Å². The van der Waals surface area contributed by atoms with E-state index in [1.54, 1.807) is 13.8 Å². The zero-order valence-electron chi connectivity index (χ0n) is 22.7. The monoisotopic (exact) mass is 566 g/mol. The molecule has 0 spiro atoms. The van der Waals surface area contributed by atoms with E-state index in [1.165, 1.54) is 26.4 Å². The molecule has 0 atom stereocenters. The summed E-state index contributed by atoms with van der Waals surface area (Å²) in [5, 5.41) is 42.3. The molecule has 0 aromatic heterocycles. The Kier molecular flexibility index (Phi) is 5.65. The number of ether oxygens (including phenoxy) is 2. The second-order valence-corrected chi connectivity index (χ2v) is 10.1. The molecule has 2 aliphatic rings. The summed E-state index contributed by atoms with van der Waals surface area (Å²) >= 11 is 0. The lowest BCUT2D eigenvalue weighted by Gasteiger charge is -2.28. The van der Waals surface area contributed by atoms with Gasteiger partial charge < -0.3 is 29.9 Å². The Bertz CT molecular complexity index is 1840. The van der Waals surface area contributed by atoms with Crippen molar-refractivity contribution in [3.05, 3.63) is 92.0 Å². The van der Waals surface area contributed by atoms with E-state index in [0.717, 1.165) is 24.3 Å². The topological polar surface area (TPSA) is 168 Å². The molecule has 10 nitrogen and oxygen atoms in total. The summed E-state index contributed by atoms with van der Waals surface area (Å²) in [4.78, 5) is 55.6. The van der Waals surface area contributed by atoms with Gasteiger partial charge in [-0.3, -0.25) is 19.2 Å². The summed E-state index contributed by atoms with van der Waals surface area (Å²) in [7, 11) is 2.51. The first-order chi connectivity index (χ1) is 19.9. The van der Waals surface area contributed by atoms with Gasteiger partial charge in [0.2, 0.25) is 0 Å². The molecular formula is C32H22O10. The Morgan fingerprint density at radius 1 is 0.429 bits per heavy atom. The van der Waals surface area contributed by atoms with E-state index in [9.17, 15) is 39.6 Å². The van der Waals surface area contributed by atoms with Gasteiger partial charge in [0.25, 0.3) is 0 Å². The molecule has 4 N–H and O–H groups in total. The van der Waals surface area contributed by atoms with Crippen molar-refractivity contribution in [2.75, 3.05) is 14.2 Å². The fourth-order valence-corrected chi connectivity index (χ4v) is 5.70. The van der Waals surface area contributed by atoms with Crippen LogP contribution in [-0.4, -0.2) is 57.8 Å². The van der Waals surface area contributed by atoms with Crippen LogP contribution < -0.4 is 9.47 Å². The molecule has 10 heteroatoms. The second kappa shape index (κ2) is 8.93. The lowest BCUT2D eigenvalue weighted by Crippen LogP contribution is -2.25. The Labute approximate surface area is 238 Å². The average molecular weight is 567 g/mol. The fourth-order valence-electron chi connectivity index (χ4n) is 5.70. The van der Waals surface area contributed by atoms with E-state index < -0.39 is 45.8 Å². The number of benzene rings is 4. The van der Waals surface area contributed by atoms with Crippen LogP contribution in [0, 0.1) is 13.8 Å². The van der Waals surface area contributed by atoms with E-state index >= 15 is 0 Å². The van der Waals surface area contributed by atoms with Gasteiger partial charge in [-0.05, 0) is 49.2 Å². The minimum absolute atomic E-state index is 0.0536. The molecule has 6 rings (SSSR count). The maximum atomic E-state index is 14.1. The standard InChI is InChI=1S/C32H22O10/c1-11-5-13-15(7-17(11)33)29(37)23-19(35)9-21(41-3)25(27(23)31(13)39)26-22(42-4)10-20(36)24-28(26)32(40)14-6-12(2)18(34)8-16(14)30(24)38/h5-10,33-36H,1-4H3. The van der Waals surface area contributed by atoms with Crippen molar-refractivity contribution in [2.45, 2.75) is 13.8 Å². The quantitative estimate of drug-likeness (QED) is 0.242. The number of aromatic hydroxyl groups is 4. The summed E-state index contributed by atoms with van der Waals surface area (Å²) in [5.74, 6) is -4.80. The zero-order valence-corrected chi connectivity index (χ0v) is 22.7. The lowest BCUT2D eigenvalue weighted by atomic mass is 9.75. The van der Waals surface area contributed by atoms with Crippen LogP contribution in [-0.2, 0) is 0 Å². The number of phenolic OH excluding ortho intramolecular Hbond substituents is 4. The highest BCUT2D eigenvalue weighted by molar-refractivity contribution is 6.35. The van der Waals surface area contributed by atoms with E-state index in [4.69, 9.17) is 9.47 Å². The number of methoxy groups -OCH3 is 2. The van der Waals surface area contributed by atoms with Crippen LogP contribution in [0.3, 0.4) is 0 Å². The molecule has 0 saturated carbocycles. The van der Waals surface area contributed by atoms with Crippen LogP contribution in [0.5, 0.6) is 34.5 Å². The normalized spacial score (nSPS) is 13.3. The number of rotatable bonds is 3. The summed E-state index contributed by atoms with van der Waals surface area (Å²) < 4.78 is 11.1. The number of hydrogen-bond acceptors (Lipinski definition) is 10. The zero-order chi connectivity index (χ0) is 30.4. The van der Waals surface area contributed by atoms with Crippen molar-refractivity contribution < 1.29 is 49.1 Å². The summed E-state index contributed by atoms with van der Waals surface area (Å²) in [6.45, 7) is 3.10. The predicted octanol–water partition coefficient (Wildman–Crippen LogP) is 4.36. The van der Waals surface area contributed by atoms with Crippen molar-refractivity contribution in [1.82, 2.24) is 0 Å². The third-order valence-corrected chi connectivity index (χ3v) is 7.79. The molecule has 0 fully saturated rings. The van der Waals surface area contributed by atoms with Crippen LogP contribution in [0.15, 0.2) is 36.4 Å². The van der Waals surface area contributed by atoms with Gasteiger partial charge in [0.1, 0.15) is 34.5 Å². The molecule has 0 amide bonds. The van der Waals surface area contributed by atoms with Gasteiger partial charge in [-0.2, -0.15) is 0 Å². The first-order valence-corrected chi connectivity index (χ1v) is 12.6. The minimum atomic E-state index is -0.762. The third-order valence-electron chi connectivity index (χ3n) is 7.79. The maximum Gasteiger partial charge on any atom is 0.198 e. The van der Waals surface area contributed by atoms with Crippen LogP contribution in [0.25, 0.3) is 11.1 Å². The van der Waals surface area contributed by atoms with Gasteiger partial charge in [0.15, 0.2) is 23.1 Å². The lowest BCUT2D eigenvalue weighted by molar-refractivity contribution is 0.0975. The number of carbonyl (C=O) groups is 4. The first-order valence-electron chi connectivity index (χ1n) is 12.6. The van der Waals surface area contributed by atoms with E-state index in [-0.39, 0.29) is 67.5 Å². The van der Waals surface area contributed by atoms with Crippen molar-refractivity contribution >= 4 is 23.1 Å². The highest BCUT2D eigenvalue weighted by atomic mass is 16.5. The molecule has 210 valence electrons. The average Bonchev–Trinajstić information content (AvgIpc) is 2.95. The summed E-state index contributed by atoms with van der Waals surface area (Å²) in [6, 6.07) is 7.19. The number of fused-ring (bicyclic) bond motifs is 4. The highest BCUT2D eigenvalue weighted by Crippen LogP contribution is 2.52. The fraction of sp³-hybridized carbons (Fsp3) is 0.125. The molecule has 0 aliphatic heterocycles. The van der Waals surface area contributed by atoms with Crippen LogP contribution in [0.4, 0.5) is 0 Å². The molecule has 0 unspecified atom stereocenters. The molecular weight excluding hydrogens is 544 g/mol. The second-order valence-electron chi connectivity index (χ2n) is 10.1. The van der Waals surface area contributed by atoms with Crippen LogP contribution >= 0.6 is 0 Å². The van der Waals surface area contributed by atoms with Gasteiger partial charge in [0, 0.05) is 56.6 Å². The third kappa shape index (κ3) is 3.38. The van der Waals surface area contributed by atoms with Crippen molar-refractivity contribution in [2.24, 2.45) is 0 Å².